The van der Waals surface area contributed by atoms with Crippen LogP contribution in [0, 0.1) is 0 Å². The lowest BCUT2D eigenvalue weighted by molar-refractivity contribution is 0.376. The van der Waals surface area contributed by atoms with E-state index in [4.69, 9.17) is 5.11 Å². The number of aliphatic hydroxyl groups is 1. The summed E-state index contributed by atoms with van der Waals surface area (Å²) in [6.45, 7) is 4.11. The first-order valence-electron chi connectivity index (χ1n) is 3.95. The Morgan fingerprint density at radius 2 is 2.18 bits per heavy atom. The van der Waals surface area contributed by atoms with Crippen molar-refractivity contribution in [3.63, 3.8) is 0 Å². The molecule has 2 heteroatoms. The molecule has 0 aliphatic carbocycles. The molecule has 0 unspecified atom stereocenters. The van der Waals surface area contributed by atoms with E-state index in [0.717, 1.165) is 18.4 Å². The fourth-order valence-corrected chi connectivity index (χ4v) is 0.719. The Kier molecular flexibility index (Phi) is 5.35. The monoisotopic (exact) mass is 155 g/mol. The van der Waals surface area contributed by atoms with E-state index in [0.29, 0.717) is 0 Å². The maximum Gasteiger partial charge on any atom is 0.184 e. The van der Waals surface area contributed by atoms with Crippen LogP contribution in [0.1, 0.15) is 26.7 Å². The Hall–Kier alpha value is -0.920. The van der Waals surface area contributed by atoms with Gasteiger partial charge in [-0.2, -0.15) is 0 Å². The molecular formula is C9H17NO. The molecule has 0 heterocycles. The standard InChI is InChI=1S/C9H17NO/c1-4-5-6-8(2)7-9(11)10-3/h6-7,10-11H,4-5H2,1-3H3/b8-6+,9-7+. The molecule has 0 aliphatic rings. The van der Waals surface area contributed by atoms with Crippen molar-refractivity contribution in [3.05, 3.63) is 23.6 Å². The van der Waals surface area contributed by atoms with Gasteiger partial charge in [0.15, 0.2) is 5.88 Å². The summed E-state index contributed by atoms with van der Waals surface area (Å²) >= 11 is 0. The van der Waals surface area contributed by atoms with Crippen molar-refractivity contribution in [1.29, 1.82) is 0 Å². The molecule has 0 aromatic heterocycles. The minimum atomic E-state index is 0.217. The summed E-state index contributed by atoms with van der Waals surface area (Å²) in [5.74, 6) is 0.217. The topological polar surface area (TPSA) is 32.3 Å². The molecule has 0 aliphatic heterocycles. The summed E-state index contributed by atoms with van der Waals surface area (Å²) in [5, 5.41) is 11.7. The third-order valence-corrected chi connectivity index (χ3v) is 1.38. The predicted molar refractivity (Wildman–Crippen MR) is 48.4 cm³/mol. The Balaban J connectivity index is 3.93. The van der Waals surface area contributed by atoms with Gasteiger partial charge in [-0.15, -0.1) is 0 Å². The predicted octanol–water partition coefficient (Wildman–Crippen LogP) is 2.35. The average molecular weight is 155 g/mol. The molecule has 0 spiro atoms. The second-order valence-electron chi connectivity index (χ2n) is 2.52. The second-order valence-corrected chi connectivity index (χ2v) is 2.52. The van der Waals surface area contributed by atoms with Crippen molar-refractivity contribution in [2.45, 2.75) is 26.7 Å². The maximum atomic E-state index is 9.04. The fourth-order valence-electron chi connectivity index (χ4n) is 0.719. The highest BCUT2D eigenvalue weighted by atomic mass is 16.3. The number of unbranched alkanes of at least 4 members (excludes halogenated alkanes) is 1. The van der Waals surface area contributed by atoms with Crippen molar-refractivity contribution in [2.24, 2.45) is 0 Å². The van der Waals surface area contributed by atoms with Gasteiger partial charge in [-0.3, -0.25) is 0 Å². The molecular weight excluding hydrogens is 138 g/mol. The lowest BCUT2D eigenvalue weighted by Crippen LogP contribution is -2.03. The zero-order valence-electron chi connectivity index (χ0n) is 7.52. The molecule has 0 radical (unpaired) electrons. The lowest BCUT2D eigenvalue weighted by Gasteiger charge is -1.97. The van der Waals surface area contributed by atoms with Gasteiger partial charge in [0.1, 0.15) is 0 Å². The van der Waals surface area contributed by atoms with Crippen LogP contribution in [0.4, 0.5) is 0 Å². The minimum Gasteiger partial charge on any atom is -0.495 e. The Morgan fingerprint density at radius 3 is 2.64 bits per heavy atom. The first kappa shape index (κ1) is 10.1. The van der Waals surface area contributed by atoms with E-state index in [1.807, 2.05) is 6.92 Å². The van der Waals surface area contributed by atoms with E-state index < -0.39 is 0 Å². The average Bonchev–Trinajstić information content (AvgIpc) is 2.00. The molecule has 0 saturated carbocycles. The first-order valence-corrected chi connectivity index (χ1v) is 3.95. The number of allylic oxidation sites excluding steroid dienone is 3. The van der Waals surface area contributed by atoms with Crippen molar-refractivity contribution in [2.75, 3.05) is 7.05 Å². The van der Waals surface area contributed by atoms with Gasteiger partial charge in [-0.25, -0.2) is 0 Å². The summed E-state index contributed by atoms with van der Waals surface area (Å²) in [6.07, 6.45) is 6.04. The smallest absolute Gasteiger partial charge is 0.184 e. The molecule has 0 bridgehead atoms. The summed E-state index contributed by atoms with van der Waals surface area (Å²) < 4.78 is 0. The molecule has 2 nitrogen and oxygen atoms in total. The van der Waals surface area contributed by atoms with Crippen LogP contribution in [0.15, 0.2) is 23.6 Å². The molecule has 0 atom stereocenters. The highest BCUT2D eigenvalue weighted by molar-refractivity contribution is 5.17. The molecule has 11 heavy (non-hydrogen) atoms. The summed E-state index contributed by atoms with van der Waals surface area (Å²) in [5.41, 5.74) is 1.10. The molecule has 0 amide bonds. The van der Waals surface area contributed by atoms with Crippen LogP contribution in [0.25, 0.3) is 0 Å². The van der Waals surface area contributed by atoms with Gasteiger partial charge in [0.25, 0.3) is 0 Å². The van der Waals surface area contributed by atoms with Crippen LogP contribution >= 0.6 is 0 Å². The van der Waals surface area contributed by atoms with E-state index >= 15 is 0 Å². The van der Waals surface area contributed by atoms with Gasteiger partial charge in [0.05, 0.1) is 0 Å². The molecule has 2 N–H and O–H groups in total. The number of aliphatic hydroxyl groups excluding tert-OH is 1. The first-order chi connectivity index (χ1) is 5.20. The van der Waals surface area contributed by atoms with Crippen LogP contribution in [-0.4, -0.2) is 12.2 Å². The van der Waals surface area contributed by atoms with E-state index in [-0.39, 0.29) is 5.88 Å². The second kappa shape index (κ2) is 5.83. The third kappa shape index (κ3) is 5.52. The summed E-state index contributed by atoms with van der Waals surface area (Å²) in [6, 6.07) is 0. The largest absolute Gasteiger partial charge is 0.495 e. The van der Waals surface area contributed by atoms with Gasteiger partial charge < -0.3 is 10.4 Å². The SMILES string of the molecule is CCC/C=C(C)/C=C(/O)NC. The zero-order chi connectivity index (χ0) is 8.69. The minimum absolute atomic E-state index is 0.217. The fraction of sp³-hybridized carbons (Fsp3) is 0.556. The molecule has 64 valence electrons. The zero-order valence-corrected chi connectivity index (χ0v) is 7.52. The van der Waals surface area contributed by atoms with Gasteiger partial charge >= 0.3 is 0 Å². The van der Waals surface area contributed by atoms with Crippen LogP contribution < -0.4 is 5.32 Å². The van der Waals surface area contributed by atoms with Crippen LogP contribution in [0.3, 0.4) is 0 Å². The van der Waals surface area contributed by atoms with E-state index in [1.165, 1.54) is 0 Å². The van der Waals surface area contributed by atoms with Crippen LogP contribution in [0.2, 0.25) is 0 Å². The van der Waals surface area contributed by atoms with Crippen LogP contribution in [0.5, 0.6) is 0 Å². The van der Waals surface area contributed by atoms with E-state index in [1.54, 1.807) is 13.1 Å². The van der Waals surface area contributed by atoms with Crippen LogP contribution in [-0.2, 0) is 0 Å². The third-order valence-electron chi connectivity index (χ3n) is 1.38. The Labute approximate surface area is 68.6 Å². The molecule has 0 aromatic rings. The van der Waals surface area contributed by atoms with Gasteiger partial charge in [-0.05, 0) is 18.9 Å². The number of hydrogen-bond acceptors (Lipinski definition) is 2. The Bertz CT molecular complexity index is 159. The van der Waals surface area contributed by atoms with Crippen molar-refractivity contribution < 1.29 is 5.11 Å². The number of nitrogens with one attached hydrogen (secondary N) is 1. The van der Waals surface area contributed by atoms with Crippen molar-refractivity contribution in [3.8, 4) is 0 Å². The van der Waals surface area contributed by atoms with Gasteiger partial charge in [0, 0.05) is 13.1 Å². The Morgan fingerprint density at radius 1 is 1.55 bits per heavy atom. The van der Waals surface area contributed by atoms with Gasteiger partial charge in [0.2, 0.25) is 0 Å². The number of rotatable bonds is 4. The molecule has 0 fully saturated rings. The molecule has 0 rings (SSSR count). The maximum absolute atomic E-state index is 9.04. The van der Waals surface area contributed by atoms with E-state index in [2.05, 4.69) is 18.3 Å². The van der Waals surface area contributed by atoms with Crippen molar-refractivity contribution >= 4 is 0 Å². The highest BCUT2D eigenvalue weighted by Gasteiger charge is 1.86. The lowest BCUT2D eigenvalue weighted by atomic mass is 10.2. The number of hydrogen-bond donors (Lipinski definition) is 2. The normalized spacial score (nSPS) is 13.4. The van der Waals surface area contributed by atoms with Crippen molar-refractivity contribution in [1.82, 2.24) is 5.32 Å². The molecule has 0 saturated heterocycles. The summed E-state index contributed by atoms with van der Waals surface area (Å²) in [7, 11) is 1.69. The summed E-state index contributed by atoms with van der Waals surface area (Å²) in [4.78, 5) is 0. The quantitative estimate of drug-likeness (QED) is 0.482. The molecule has 0 aromatic carbocycles. The van der Waals surface area contributed by atoms with E-state index in [9.17, 15) is 0 Å². The van der Waals surface area contributed by atoms with Gasteiger partial charge in [-0.1, -0.05) is 19.4 Å². The highest BCUT2D eigenvalue weighted by Crippen LogP contribution is 2.00.